The Labute approximate surface area is 494 Å². The van der Waals surface area contributed by atoms with Crippen LogP contribution in [0.2, 0.25) is 0 Å². The number of rotatable bonds is 8. The average Bonchev–Trinajstić information content (AvgIpc) is 3.25. The fourth-order valence-electron chi connectivity index (χ4n) is 11.4. The minimum atomic E-state index is -0.0792. The van der Waals surface area contributed by atoms with E-state index < -0.39 is 0 Å². The summed E-state index contributed by atoms with van der Waals surface area (Å²) in [6.45, 7) is 41.5. The van der Waals surface area contributed by atoms with Crippen LogP contribution in [0.15, 0.2) is 182 Å². The van der Waals surface area contributed by atoms with Gasteiger partial charge in [-0.05, 0) is 154 Å². The maximum absolute atomic E-state index is 7.00. The van der Waals surface area contributed by atoms with Crippen molar-refractivity contribution >= 4 is 32.8 Å². The van der Waals surface area contributed by atoms with Gasteiger partial charge in [0.2, 0.25) is 0 Å². The van der Waals surface area contributed by atoms with Gasteiger partial charge in [0.05, 0.1) is 33.4 Å². The monoisotopic (exact) mass is 1090 g/mol. The number of fused-ring (bicyclic) bond motifs is 4. The van der Waals surface area contributed by atoms with E-state index >= 15 is 0 Å². The highest BCUT2D eigenvalue weighted by molar-refractivity contribution is 6.09. The summed E-state index contributed by atoms with van der Waals surface area (Å²) in [4.78, 5) is 4.96. The molecule has 0 spiro atoms. The maximum Gasteiger partial charge on any atom is 0.269 e. The van der Waals surface area contributed by atoms with Crippen LogP contribution in [0.5, 0.6) is 11.5 Å². The van der Waals surface area contributed by atoms with Crippen LogP contribution in [0.4, 0.5) is 0 Å². The van der Waals surface area contributed by atoms with Crippen LogP contribution in [-0.4, -0.2) is 14.1 Å². The van der Waals surface area contributed by atoms with E-state index in [1.54, 1.807) is 0 Å². The topological polar surface area (TPSA) is 35.9 Å². The minimum Gasteiger partial charge on any atom is -0.458 e. The fourth-order valence-corrected chi connectivity index (χ4v) is 11.4. The molecule has 0 aliphatic carbocycles. The Morgan fingerprint density at radius 1 is 0.373 bits per heavy atom. The Balaban J connectivity index is 1.15. The zero-order valence-electron chi connectivity index (χ0n) is 52.5. The van der Waals surface area contributed by atoms with Crippen LogP contribution in [-0.2, 0) is 32.5 Å². The van der Waals surface area contributed by atoms with Gasteiger partial charge in [-0.3, -0.25) is 13.7 Å². The largest absolute Gasteiger partial charge is 0.458 e. The number of benzene rings is 8. The van der Waals surface area contributed by atoms with Crippen molar-refractivity contribution in [2.75, 3.05) is 0 Å². The quantitative estimate of drug-likeness (QED) is 0.112. The van der Waals surface area contributed by atoms with Gasteiger partial charge >= 0.3 is 0 Å². The molecule has 11 aromatic rings. The van der Waals surface area contributed by atoms with Gasteiger partial charge in [0.25, 0.3) is 6.33 Å². The Hall–Kier alpha value is -8.02. The van der Waals surface area contributed by atoms with Crippen LogP contribution in [0.1, 0.15) is 158 Å². The lowest BCUT2D eigenvalue weighted by Crippen LogP contribution is -2.31. The first-order valence-corrected chi connectivity index (χ1v) is 29.8. The van der Waals surface area contributed by atoms with Crippen LogP contribution in [0, 0.1) is 6.33 Å². The molecule has 0 N–H and O–H groups in total. The number of nitrogens with zero attached hydrogens (tertiary/aromatic N) is 4. The van der Waals surface area contributed by atoms with E-state index in [0.29, 0.717) is 0 Å². The summed E-state index contributed by atoms with van der Waals surface area (Å²) in [5, 5.41) is 2.32. The van der Waals surface area contributed by atoms with E-state index in [2.05, 4.69) is 321 Å². The number of para-hydroxylation sites is 2. The molecule has 5 nitrogen and oxygen atoms in total. The van der Waals surface area contributed by atoms with Gasteiger partial charge in [0, 0.05) is 23.0 Å². The zero-order chi connectivity index (χ0) is 59.3. The third-order valence-electron chi connectivity index (χ3n) is 16.7. The number of pyridine rings is 1. The highest BCUT2D eigenvalue weighted by Crippen LogP contribution is 2.42. The summed E-state index contributed by atoms with van der Waals surface area (Å²) < 4.78 is 13.9. The predicted molar refractivity (Wildman–Crippen MR) is 351 cm³/mol. The molecule has 0 radical (unpaired) electrons. The average molecular weight is 1090 g/mol. The SMILES string of the molecule is CC(C)(C)c1cccc(-c2cccc(-c3cc(C(C)(C)C)cc(C(C)(C)C)c3)c2-[n+]2[c-]n(-c3cccc(Oc4ccc5c6ccccc6n(-c6cc(C(C)(C)C)ccn6)c5c4)c3)c3cc(-c4cc(C(C)(C)C)cc(C(C)(C)C)c4)ccc32)c1. The number of ether oxygens (including phenoxy) is 1. The molecule has 0 fully saturated rings. The predicted octanol–water partition coefficient (Wildman–Crippen LogP) is 20.8. The molecule has 3 heterocycles. The normalized spacial score (nSPS) is 12.9. The van der Waals surface area contributed by atoms with E-state index in [9.17, 15) is 0 Å². The molecule has 3 aromatic heterocycles. The number of hydrogen-bond donors (Lipinski definition) is 0. The molecule has 422 valence electrons. The smallest absolute Gasteiger partial charge is 0.269 e. The maximum atomic E-state index is 7.00. The molecular formula is C78H84N4O. The molecule has 0 amide bonds. The van der Waals surface area contributed by atoms with Gasteiger partial charge < -0.3 is 4.74 Å². The Morgan fingerprint density at radius 3 is 1.53 bits per heavy atom. The summed E-state index contributed by atoms with van der Waals surface area (Å²) in [5.41, 5.74) is 20.6. The van der Waals surface area contributed by atoms with Crippen molar-refractivity contribution in [3.8, 4) is 62.1 Å². The van der Waals surface area contributed by atoms with Gasteiger partial charge in [0.15, 0.2) is 0 Å². The lowest BCUT2D eigenvalue weighted by Gasteiger charge is -2.27. The van der Waals surface area contributed by atoms with Crippen LogP contribution in [0.3, 0.4) is 0 Å². The molecule has 5 heteroatoms. The second kappa shape index (κ2) is 20.4. The standard InChI is InChI=1S/C78H84N4O/c1-73(2,3)54-25-21-24-51(38-54)63-29-23-30-64(53-41-58(77(13,14)15)45-59(42-53)78(16,17)18)72(63)81-49-80(70-43-50(32-35-68(70)81)52-39-56(75(7,8)9)44-57(40-52)76(10,11)12)60-26-22-27-61(47-60)83-62-33-34-66-65-28-19-20-31-67(65)82(69(66)48-62)71-46-55(36-37-79-71)74(4,5)6/h19-48H,1-18H3. The van der Waals surface area contributed by atoms with Gasteiger partial charge in [-0.25, -0.2) is 4.98 Å². The lowest BCUT2D eigenvalue weighted by molar-refractivity contribution is -0.571. The van der Waals surface area contributed by atoms with Crippen LogP contribution < -0.4 is 9.30 Å². The van der Waals surface area contributed by atoms with E-state index in [0.717, 1.165) is 78.4 Å². The van der Waals surface area contributed by atoms with Crippen molar-refractivity contribution in [1.29, 1.82) is 0 Å². The first-order chi connectivity index (χ1) is 38.9. The van der Waals surface area contributed by atoms with E-state index in [-0.39, 0.29) is 32.5 Å². The van der Waals surface area contributed by atoms with Crippen molar-refractivity contribution in [2.24, 2.45) is 0 Å². The fraction of sp³-hybridized carbons (Fsp3) is 0.308. The Bertz CT molecular complexity index is 4220. The number of imidazole rings is 1. The molecule has 0 saturated carbocycles. The third-order valence-corrected chi connectivity index (χ3v) is 16.7. The van der Waals surface area contributed by atoms with Crippen molar-refractivity contribution in [2.45, 2.75) is 157 Å². The van der Waals surface area contributed by atoms with Gasteiger partial charge in [-0.2, -0.15) is 0 Å². The highest BCUT2D eigenvalue weighted by Gasteiger charge is 2.28. The van der Waals surface area contributed by atoms with Crippen LogP contribution in [0.25, 0.3) is 83.4 Å². The molecule has 0 atom stereocenters. The second-order valence-electron chi connectivity index (χ2n) is 29.4. The van der Waals surface area contributed by atoms with E-state index in [4.69, 9.17) is 9.72 Å². The molecule has 83 heavy (non-hydrogen) atoms. The summed E-state index contributed by atoms with van der Waals surface area (Å²) in [5.74, 6) is 2.34. The van der Waals surface area contributed by atoms with E-state index in [1.165, 1.54) is 49.9 Å². The van der Waals surface area contributed by atoms with Gasteiger partial charge in [-0.15, -0.1) is 0 Å². The molecule has 0 bridgehead atoms. The van der Waals surface area contributed by atoms with Crippen molar-refractivity contribution in [3.05, 3.63) is 222 Å². The van der Waals surface area contributed by atoms with Gasteiger partial charge in [-0.1, -0.05) is 240 Å². The van der Waals surface area contributed by atoms with Crippen LogP contribution >= 0.6 is 0 Å². The number of aromatic nitrogens is 4. The molecule has 0 unspecified atom stereocenters. The molecular weight excluding hydrogens is 1010 g/mol. The molecule has 0 aliphatic heterocycles. The highest BCUT2D eigenvalue weighted by atomic mass is 16.5. The summed E-state index contributed by atoms with van der Waals surface area (Å²) in [6.07, 6.45) is 6.00. The third kappa shape index (κ3) is 11.2. The zero-order valence-corrected chi connectivity index (χ0v) is 52.5. The first-order valence-electron chi connectivity index (χ1n) is 29.8. The molecule has 0 aliphatic rings. The Morgan fingerprint density at radius 2 is 0.904 bits per heavy atom. The minimum absolute atomic E-state index is 0.0376. The summed E-state index contributed by atoms with van der Waals surface area (Å²) >= 11 is 0. The first kappa shape index (κ1) is 56.8. The van der Waals surface area contributed by atoms with E-state index in [1.807, 2.05) is 6.20 Å². The van der Waals surface area contributed by atoms with Crippen molar-refractivity contribution in [3.63, 3.8) is 0 Å². The molecule has 11 rings (SSSR count). The van der Waals surface area contributed by atoms with Gasteiger partial charge in [0.1, 0.15) is 17.3 Å². The number of hydrogen-bond acceptors (Lipinski definition) is 2. The summed E-state index contributed by atoms with van der Waals surface area (Å²) in [6, 6.07) is 65.3. The van der Waals surface area contributed by atoms with Crippen molar-refractivity contribution < 1.29 is 9.30 Å². The Kier molecular flexibility index (Phi) is 14.0. The second-order valence-corrected chi connectivity index (χ2v) is 29.4. The molecule has 0 saturated heterocycles. The summed E-state index contributed by atoms with van der Waals surface area (Å²) in [7, 11) is 0. The molecule has 8 aromatic carbocycles. The lowest BCUT2D eigenvalue weighted by atomic mass is 9.78. The van der Waals surface area contributed by atoms with Crippen molar-refractivity contribution in [1.82, 2.24) is 14.1 Å².